The maximum absolute atomic E-state index is 12.2. The molecule has 3 atom stereocenters. The Bertz CT molecular complexity index is 781. The van der Waals surface area contributed by atoms with Gasteiger partial charge in [-0.15, -0.1) is 0 Å². The molecule has 28 heavy (non-hydrogen) atoms. The number of sulfonamides is 1. The van der Waals surface area contributed by atoms with Gasteiger partial charge in [0, 0.05) is 19.0 Å². The van der Waals surface area contributed by atoms with Gasteiger partial charge in [-0.2, -0.15) is 0 Å². The molecule has 2 rings (SSSR count). The zero-order chi connectivity index (χ0) is 20.7. The third-order valence-electron chi connectivity index (χ3n) is 5.31. The predicted molar refractivity (Wildman–Crippen MR) is 114 cm³/mol. The van der Waals surface area contributed by atoms with E-state index < -0.39 is 10.0 Å². The van der Waals surface area contributed by atoms with Crippen molar-refractivity contribution < 1.29 is 13.2 Å². The lowest BCUT2D eigenvalue weighted by Crippen LogP contribution is -2.52. The van der Waals surface area contributed by atoms with E-state index in [2.05, 4.69) is 34.7 Å². The number of hydrazine groups is 1. The molecule has 0 radical (unpaired) electrons. The highest BCUT2D eigenvalue weighted by Gasteiger charge is 2.27. The van der Waals surface area contributed by atoms with Gasteiger partial charge in [0.05, 0.1) is 4.90 Å². The van der Waals surface area contributed by atoms with E-state index in [-0.39, 0.29) is 23.8 Å². The van der Waals surface area contributed by atoms with E-state index in [9.17, 15) is 13.2 Å². The number of rotatable bonds is 6. The van der Waals surface area contributed by atoms with E-state index >= 15 is 0 Å². The second-order valence-electron chi connectivity index (χ2n) is 7.48. The lowest BCUT2D eigenvalue weighted by Gasteiger charge is -2.35. The lowest BCUT2D eigenvalue weighted by atomic mass is 9.78. The maximum atomic E-state index is 12.2. The number of carbonyl (C=O) groups is 1. The molecule has 0 heterocycles. The Morgan fingerprint density at radius 1 is 1.14 bits per heavy atom. The summed E-state index contributed by atoms with van der Waals surface area (Å²) < 4.78 is 26.8. The summed E-state index contributed by atoms with van der Waals surface area (Å²) in [6.45, 7) is 6.34. The second kappa shape index (κ2) is 10.2. The van der Waals surface area contributed by atoms with Crippen LogP contribution >= 0.6 is 12.2 Å². The summed E-state index contributed by atoms with van der Waals surface area (Å²) in [6, 6.07) is 6.83. The quantitative estimate of drug-likeness (QED) is 0.410. The zero-order valence-corrected chi connectivity index (χ0v) is 18.3. The number of hydrogen-bond acceptors (Lipinski definition) is 4. The van der Waals surface area contributed by atoms with Crippen molar-refractivity contribution in [1.29, 1.82) is 0 Å². The Morgan fingerprint density at radius 3 is 2.50 bits per heavy atom. The van der Waals surface area contributed by atoms with E-state index in [1.165, 1.54) is 25.0 Å². The molecule has 7 nitrogen and oxygen atoms in total. The van der Waals surface area contributed by atoms with Crippen LogP contribution in [0.2, 0.25) is 0 Å². The molecule has 4 N–H and O–H groups in total. The Labute approximate surface area is 173 Å². The molecule has 1 aromatic carbocycles. The van der Waals surface area contributed by atoms with Crippen LogP contribution in [0.4, 0.5) is 0 Å². The van der Waals surface area contributed by atoms with Gasteiger partial charge in [-0.25, -0.2) is 13.1 Å². The SMILES string of the molecule is Cc1ccc(S(=O)(=O)NCCC(=O)NNC(=S)N[C@H]2CCC[C@H](C)[C@@H]2C)cc1. The molecule has 0 aliphatic heterocycles. The fraction of sp³-hybridized carbons (Fsp3) is 0.579. The minimum atomic E-state index is -3.62. The molecule has 1 aliphatic carbocycles. The van der Waals surface area contributed by atoms with Gasteiger partial charge in [0.25, 0.3) is 0 Å². The largest absolute Gasteiger partial charge is 0.358 e. The van der Waals surface area contributed by atoms with E-state index in [1.54, 1.807) is 12.1 Å². The van der Waals surface area contributed by atoms with Crippen LogP contribution in [0.25, 0.3) is 0 Å². The smallest absolute Gasteiger partial charge is 0.240 e. The molecule has 1 amide bonds. The van der Waals surface area contributed by atoms with Gasteiger partial charge in [-0.05, 0) is 49.5 Å². The van der Waals surface area contributed by atoms with Gasteiger partial charge < -0.3 is 5.32 Å². The average molecular weight is 427 g/mol. The van der Waals surface area contributed by atoms with Crippen LogP contribution in [-0.4, -0.2) is 32.0 Å². The van der Waals surface area contributed by atoms with Crippen LogP contribution < -0.4 is 20.9 Å². The Kier molecular flexibility index (Phi) is 8.21. The van der Waals surface area contributed by atoms with Crippen molar-refractivity contribution in [2.24, 2.45) is 11.8 Å². The molecule has 156 valence electrons. The number of benzene rings is 1. The van der Waals surface area contributed by atoms with Gasteiger partial charge in [0.1, 0.15) is 0 Å². The highest BCUT2D eigenvalue weighted by molar-refractivity contribution is 7.89. The van der Waals surface area contributed by atoms with Gasteiger partial charge in [0.2, 0.25) is 15.9 Å². The number of thiocarbonyl (C=S) groups is 1. The Morgan fingerprint density at radius 2 is 1.82 bits per heavy atom. The van der Waals surface area contributed by atoms with E-state index in [0.29, 0.717) is 23.0 Å². The fourth-order valence-electron chi connectivity index (χ4n) is 3.28. The highest BCUT2D eigenvalue weighted by Crippen LogP contribution is 2.29. The average Bonchev–Trinajstić information content (AvgIpc) is 2.64. The minimum Gasteiger partial charge on any atom is -0.358 e. The third kappa shape index (κ3) is 6.72. The first-order valence-electron chi connectivity index (χ1n) is 9.60. The summed E-state index contributed by atoms with van der Waals surface area (Å²) in [5.74, 6) is 0.811. The topological polar surface area (TPSA) is 99.3 Å². The molecule has 1 fully saturated rings. The number of nitrogens with one attached hydrogen (secondary N) is 4. The van der Waals surface area contributed by atoms with Crippen LogP contribution in [0.5, 0.6) is 0 Å². The third-order valence-corrected chi connectivity index (χ3v) is 7.01. The van der Waals surface area contributed by atoms with Gasteiger partial charge in [-0.1, -0.05) is 44.4 Å². The van der Waals surface area contributed by atoms with Gasteiger partial charge in [0.15, 0.2) is 5.11 Å². The fourth-order valence-corrected chi connectivity index (χ4v) is 4.51. The molecule has 0 saturated heterocycles. The summed E-state index contributed by atoms with van der Waals surface area (Å²) in [5.41, 5.74) is 6.18. The molecule has 9 heteroatoms. The maximum Gasteiger partial charge on any atom is 0.240 e. The molecule has 0 spiro atoms. The van der Waals surface area contributed by atoms with Crippen molar-refractivity contribution >= 4 is 33.3 Å². The first-order chi connectivity index (χ1) is 13.2. The van der Waals surface area contributed by atoms with Gasteiger partial charge in [-0.3, -0.25) is 15.6 Å². The number of hydrogen-bond donors (Lipinski definition) is 4. The van der Waals surface area contributed by atoms with Gasteiger partial charge >= 0.3 is 0 Å². The molecule has 1 saturated carbocycles. The summed E-state index contributed by atoms with van der Waals surface area (Å²) in [7, 11) is -3.62. The summed E-state index contributed by atoms with van der Waals surface area (Å²) in [4.78, 5) is 12.1. The van der Waals surface area contributed by atoms with Crippen molar-refractivity contribution in [2.45, 2.75) is 57.4 Å². The first kappa shape index (κ1) is 22.6. The number of carbonyl (C=O) groups excluding carboxylic acids is 1. The number of aryl methyl sites for hydroxylation is 1. The standard InChI is InChI=1S/C19H30N4O3S2/c1-13-7-9-16(10-8-13)28(25,26)20-12-11-18(24)22-23-19(27)21-17-6-4-5-14(2)15(17)3/h7-10,14-15,17,20H,4-6,11-12H2,1-3H3,(H,22,24)(H2,21,23,27)/t14-,15-,17-/m0/s1. The van der Waals surface area contributed by atoms with E-state index in [4.69, 9.17) is 12.2 Å². The predicted octanol–water partition coefficient (Wildman–Crippen LogP) is 1.98. The molecule has 0 unspecified atom stereocenters. The summed E-state index contributed by atoms with van der Waals surface area (Å²) in [6.07, 6.45) is 3.45. The van der Waals surface area contributed by atoms with Crippen molar-refractivity contribution in [2.75, 3.05) is 6.54 Å². The minimum absolute atomic E-state index is 0.00108. The van der Waals surface area contributed by atoms with Crippen LogP contribution in [0.15, 0.2) is 29.2 Å². The molecule has 1 aliphatic rings. The monoisotopic (exact) mass is 426 g/mol. The molecular formula is C19H30N4O3S2. The Hall–Kier alpha value is -1.71. The summed E-state index contributed by atoms with van der Waals surface area (Å²) >= 11 is 5.24. The highest BCUT2D eigenvalue weighted by atomic mass is 32.2. The zero-order valence-electron chi connectivity index (χ0n) is 16.6. The number of amides is 1. The lowest BCUT2D eigenvalue weighted by molar-refractivity contribution is -0.121. The van der Waals surface area contributed by atoms with Crippen molar-refractivity contribution in [3.63, 3.8) is 0 Å². The molecule has 0 aromatic heterocycles. The van der Waals surface area contributed by atoms with Crippen molar-refractivity contribution in [3.8, 4) is 0 Å². The second-order valence-corrected chi connectivity index (χ2v) is 9.66. The normalized spacial score (nSPS) is 22.3. The Balaban J connectivity index is 1.69. The van der Waals surface area contributed by atoms with Crippen LogP contribution in [-0.2, 0) is 14.8 Å². The molecule has 0 bridgehead atoms. The van der Waals surface area contributed by atoms with Crippen LogP contribution in [0.3, 0.4) is 0 Å². The van der Waals surface area contributed by atoms with Crippen LogP contribution in [0, 0.1) is 18.8 Å². The van der Waals surface area contributed by atoms with Crippen LogP contribution in [0.1, 0.15) is 45.1 Å². The molecule has 1 aromatic rings. The van der Waals surface area contributed by atoms with E-state index in [0.717, 1.165) is 12.0 Å². The molecular weight excluding hydrogens is 396 g/mol. The van der Waals surface area contributed by atoms with Crippen molar-refractivity contribution in [1.82, 2.24) is 20.9 Å². The summed E-state index contributed by atoms with van der Waals surface area (Å²) in [5, 5.41) is 3.63. The first-order valence-corrected chi connectivity index (χ1v) is 11.5. The van der Waals surface area contributed by atoms with Crippen molar-refractivity contribution in [3.05, 3.63) is 29.8 Å². The van der Waals surface area contributed by atoms with E-state index in [1.807, 2.05) is 6.92 Å².